The second-order valence-corrected chi connectivity index (χ2v) is 20.7. The predicted molar refractivity (Wildman–Crippen MR) is 281 cm³/mol. The molecule has 0 heterocycles. The SMILES string of the molecule is CC/C=C\C/C=C\C/C=C\C/C=C\C/C=C\C/C=C\CCCCCCCCCCC(=O)NC(COP(=O)(O)OCC[N+](C)(C)C)C(O)CCCCCCCCCCCCCCCCCC. The van der Waals surface area contributed by atoms with Gasteiger partial charge in [0.05, 0.1) is 39.9 Å². The van der Waals surface area contributed by atoms with Crippen LogP contribution in [0.5, 0.6) is 0 Å². The Balaban J connectivity index is 4.24. The summed E-state index contributed by atoms with van der Waals surface area (Å²) < 4.78 is 23.7. The number of carbonyl (C=O) groups is 1. The van der Waals surface area contributed by atoms with Crippen LogP contribution >= 0.6 is 7.82 Å². The third kappa shape index (κ3) is 49.7. The monoisotopic (exact) mass is 932 g/mol. The number of quaternary nitrogens is 1. The van der Waals surface area contributed by atoms with Crippen LogP contribution in [-0.4, -0.2) is 73.4 Å². The molecule has 8 nitrogen and oxygen atoms in total. The first-order valence-electron chi connectivity index (χ1n) is 26.8. The highest BCUT2D eigenvalue weighted by atomic mass is 31.2. The number of nitrogens with one attached hydrogen (secondary N) is 1. The molecule has 3 N–H and O–H groups in total. The van der Waals surface area contributed by atoms with Gasteiger partial charge in [0.15, 0.2) is 0 Å². The van der Waals surface area contributed by atoms with Crippen molar-refractivity contribution >= 4 is 13.7 Å². The first kappa shape index (κ1) is 62.9. The van der Waals surface area contributed by atoms with E-state index in [-0.39, 0.29) is 19.1 Å². The Morgan fingerprint density at radius 1 is 0.538 bits per heavy atom. The van der Waals surface area contributed by atoms with Gasteiger partial charge in [-0.05, 0) is 64.2 Å². The Morgan fingerprint density at radius 3 is 1.35 bits per heavy atom. The van der Waals surface area contributed by atoms with Gasteiger partial charge < -0.3 is 19.8 Å². The van der Waals surface area contributed by atoms with Crippen molar-refractivity contribution in [2.45, 2.75) is 238 Å². The second-order valence-electron chi connectivity index (χ2n) is 19.2. The van der Waals surface area contributed by atoms with Gasteiger partial charge in [-0.3, -0.25) is 13.8 Å². The Kier molecular flexibility index (Phi) is 45.5. The van der Waals surface area contributed by atoms with Gasteiger partial charge >= 0.3 is 7.82 Å². The van der Waals surface area contributed by atoms with Crippen LogP contribution < -0.4 is 5.32 Å². The van der Waals surface area contributed by atoms with Crippen molar-refractivity contribution in [3.05, 3.63) is 72.9 Å². The average molecular weight is 932 g/mol. The molecule has 0 aliphatic heterocycles. The molecule has 0 radical (unpaired) electrons. The second kappa shape index (κ2) is 47.0. The summed E-state index contributed by atoms with van der Waals surface area (Å²) in [6.45, 7) is 4.77. The summed E-state index contributed by atoms with van der Waals surface area (Å²) in [5.74, 6) is -0.155. The number of phosphoric acid groups is 1. The van der Waals surface area contributed by atoms with Gasteiger partial charge in [-0.2, -0.15) is 0 Å². The van der Waals surface area contributed by atoms with E-state index in [4.69, 9.17) is 9.05 Å². The zero-order valence-electron chi connectivity index (χ0n) is 43.0. The van der Waals surface area contributed by atoms with E-state index >= 15 is 0 Å². The minimum absolute atomic E-state index is 0.0698. The zero-order chi connectivity index (χ0) is 47.8. The lowest BCUT2D eigenvalue weighted by Crippen LogP contribution is -2.46. The molecular weight excluding hydrogens is 828 g/mol. The number of hydrogen-bond acceptors (Lipinski definition) is 5. The smallest absolute Gasteiger partial charge is 0.391 e. The Morgan fingerprint density at radius 2 is 0.923 bits per heavy atom. The fourth-order valence-corrected chi connectivity index (χ4v) is 8.26. The molecule has 0 bridgehead atoms. The van der Waals surface area contributed by atoms with E-state index < -0.39 is 20.0 Å². The molecular formula is C56H104N2O6P+. The van der Waals surface area contributed by atoms with E-state index in [1.54, 1.807) is 0 Å². The van der Waals surface area contributed by atoms with Crippen LogP contribution in [-0.2, 0) is 18.4 Å². The van der Waals surface area contributed by atoms with Gasteiger partial charge in [0.1, 0.15) is 13.2 Å². The maximum absolute atomic E-state index is 13.0. The molecule has 0 rings (SSSR count). The molecule has 1 amide bonds. The van der Waals surface area contributed by atoms with Crippen LogP contribution in [0.15, 0.2) is 72.9 Å². The standard InChI is InChI=1S/C56H103N2O6P/c1-6-8-10-12-14-16-18-20-22-24-25-26-27-28-29-30-31-32-33-34-36-38-40-42-44-46-48-50-56(60)57-54(53-64-65(61,62)63-52-51-58(3,4)5)55(59)49-47-45-43-41-39-37-35-23-21-19-17-15-13-11-9-7-2/h8,10,14,16,20,22,25-26,28-29,31-32,54-55,59H,6-7,9,11-13,15,17-19,21,23-24,27,30,33-53H2,1-5H3,(H-,57,60,61,62)/p+1/b10-8-,16-14-,22-20-,26-25-,29-28-,32-31-. The molecule has 0 aliphatic carbocycles. The predicted octanol–water partition coefficient (Wildman–Crippen LogP) is 15.9. The Bertz CT molecular complexity index is 1290. The molecule has 3 unspecified atom stereocenters. The van der Waals surface area contributed by atoms with E-state index in [1.807, 2.05) is 21.1 Å². The van der Waals surface area contributed by atoms with Gasteiger partial charge in [-0.1, -0.05) is 228 Å². The number of amides is 1. The summed E-state index contributed by atoms with van der Waals surface area (Å²) in [4.78, 5) is 23.3. The van der Waals surface area contributed by atoms with Crippen molar-refractivity contribution < 1.29 is 32.9 Å². The number of rotatable bonds is 48. The van der Waals surface area contributed by atoms with Crippen molar-refractivity contribution in [2.75, 3.05) is 40.9 Å². The van der Waals surface area contributed by atoms with Crippen LogP contribution in [0.1, 0.15) is 226 Å². The quantitative estimate of drug-likeness (QED) is 0.0243. The lowest BCUT2D eigenvalue weighted by Gasteiger charge is -2.26. The first-order valence-corrected chi connectivity index (χ1v) is 28.3. The van der Waals surface area contributed by atoms with Crippen LogP contribution in [0.3, 0.4) is 0 Å². The highest BCUT2D eigenvalue weighted by Gasteiger charge is 2.28. The Labute approximate surface area is 402 Å². The van der Waals surface area contributed by atoms with E-state index in [1.165, 1.54) is 116 Å². The third-order valence-electron chi connectivity index (χ3n) is 11.7. The molecule has 378 valence electrons. The number of unbranched alkanes of at least 4 members (excludes halogenated alkanes) is 23. The van der Waals surface area contributed by atoms with Crippen LogP contribution in [0, 0.1) is 0 Å². The first-order chi connectivity index (χ1) is 31.5. The summed E-state index contributed by atoms with van der Waals surface area (Å²) in [5.41, 5.74) is 0. The fourth-order valence-electron chi connectivity index (χ4n) is 7.52. The maximum atomic E-state index is 13.0. The lowest BCUT2D eigenvalue weighted by molar-refractivity contribution is -0.870. The highest BCUT2D eigenvalue weighted by Crippen LogP contribution is 2.43. The molecule has 0 aromatic carbocycles. The topological polar surface area (TPSA) is 105 Å². The molecule has 0 saturated heterocycles. The van der Waals surface area contributed by atoms with Gasteiger partial charge in [0, 0.05) is 6.42 Å². The number of nitrogens with zero attached hydrogens (tertiary/aromatic N) is 1. The average Bonchev–Trinajstić information content (AvgIpc) is 3.26. The minimum Gasteiger partial charge on any atom is -0.391 e. The number of carbonyl (C=O) groups excluding carboxylic acids is 1. The number of aliphatic hydroxyl groups excluding tert-OH is 1. The van der Waals surface area contributed by atoms with Gasteiger partial charge in [-0.15, -0.1) is 0 Å². The maximum Gasteiger partial charge on any atom is 0.472 e. The van der Waals surface area contributed by atoms with Crippen LogP contribution in [0.25, 0.3) is 0 Å². The van der Waals surface area contributed by atoms with Gasteiger partial charge in [-0.25, -0.2) is 4.57 Å². The summed E-state index contributed by atoms with van der Waals surface area (Å²) in [6.07, 6.45) is 63.6. The molecule has 0 fully saturated rings. The number of hydrogen-bond donors (Lipinski definition) is 3. The van der Waals surface area contributed by atoms with Crippen molar-refractivity contribution in [1.29, 1.82) is 0 Å². The van der Waals surface area contributed by atoms with Crippen molar-refractivity contribution in [2.24, 2.45) is 0 Å². The summed E-state index contributed by atoms with van der Waals surface area (Å²) in [6, 6.07) is -0.769. The van der Waals surface area contributed by atoms with E-state index in [0.29, 0.717) is 23.9 Å². The molecule has 3 atom stereocenters. The molecule has 0 saturated carbocycles. The normalized spacial score (nSPS) is 14.6. The number of likely N-dealkylation sites (N-methyl/N-ethyl adjacent to an activating group) is 1. The third-order valence-corrected chi connectivity index (χ3v) is 12.7. The highest BCUT2D eigenvalue weighted by molar-refractivity contribution is 7.47. The molecule has 0 spiro atoms. The van der Waals surface area contributed by atoms with Crippen molar-refractivity contribution in [3.8, 4) is 0 Å². The Hall–Kier alpha value is -2.06. The summed E-state index contributed by atoms with van der Waals surface area (Å²) >= 11 is 0. The molecule has 9 heteroatoms. The lowest BCUT2D eigenvalue weighted by atomic mass is 10.0. The fraction of sp³-hybridized carbons (Fsp3) is 0.768. The van der Waals surface area contributed by atoms with Gasteiger partial charge in [0.2, 0.25) is 5.91 Å². The summed E-state index contributed by atoms with van der Waals surface area (Å²) in [5, 5.41) is 14.0. The zero-order valence-corrected chi connectivity index (χ0v) is 43.9. The van der Waals surface area contributed by atoms with Crippen molar-refractivity contribution in [3.63, 3.8) is 0 Å². The largest absolute Gasteiger partial charge is 0.472 e. The van der Waals surface area contributed by atoms with Crippen LogP contribution in [0.4, 0.5) is 0 Å². The molecule has 65 heavy (non-hydrogen) atoms. The number of allylic oxidation sites excluding steroid dienone is 12. The molecule has 0 aromatic heterocycles. The number of phosphoric ester groups is 1. The number of aliphatic hydroxyl groups is 1. The van der Waals surface area contributed by atoms with E-state index in [0.717, 1.165) is 83.5 Å². The molecule has 0 aromatic rings. The van der Waals surface area contributed by atoms with E-state index in [9.17, 15) is 19.4 Å². The van der Waals surface area contributed by atoms with Gasteiger partial charge in [0.25, 0.3) is 0 Å². The minimum atomic E-state index is -4.33. The van der Waals surface area contributed by atoms with Crippen molar-refractivity contribution in [1.82, 2.24) is 5.32 Å². The molecule has 0 aliphatic rings. The van der Waals surface area contributed by atoms with E-state index in [2.05, 4.69) is 92.1 Å². The van der Waals surface area contributed by atoms with Crippen LogP contribution in [0.2, 0.25) is 0 Å². The summed E-state index contributed by atoms with van der Waals surface area (Å²) in [7, 11) is 1.60.